The van der Waals surface area contributed by atoms with E-state index in [1.54, 1.807) is 0 Å². The van der Waals surface area contributed by atoms with Crippen LogP contribution in [0, 0.1) is 0 Å². The Morgan fingerprint density at radius 2 is 1.43 bits per heavy atom. The summed E-state index contributed by atoms with van der Waals surface area (Å²) < 4.78 is 72.6. The van der Waals surface area contributed by atoms with Gasteiger partial charge in [-0.2, -0.15) is 26.3 Å². The predicted octanol–water partition coefficient (Wildman–Crippen LogP) is 0.969. The predicted molar refractivity (Wildman–Crippen MR) is 29.6 cm³/mol. The van der Waals surface area contributed by atoms with E-state index in [0.29, 0.717) is 0 Å². The van der Waals surface area contributed by atoms with Gasteiger partial charge in [0.15, 0.2) is 0 Å². The minimum absolute atomic E-state index is 2.58. The summed E-state index contributed by atoms with van der Waals surface area (Å²) in [4.78, 5) is 9.59. The fourth-order valence-electron chi connectivity index (χ4n) is 0.463. The van der Waals surface area contributed by atoms with Crippen molar-refractivity contribution in [3.8, 4) is 0 Å². The zero-order valence-corrected chi connectivity index (χ0v) is 6.28. The van der Waals surface area contributed by atoms with E-state index >= 15 is 0 Å². The number of rotatable bonds is 4. The molecule has 0 atom stereocenters. The molecule has 0 bridgehead atoms. The van der Waals surface area contributed by atoms with Crippen LogP contribution in [-0.4, -0.2) is 40.6 Å². The van der Waals surface area contributed by atoms with E-state index < -0.39 is 30.3 Å². The average Bonchev–Trinajstić information content (AvgIpc) is 2.03. The van der Waals surface area contributed by atoms with Gasteiger partial charge in [-0.15, -0.1) is 0 Å². The molecule has 0 spiro atoms. The summed E-state index contributed by atoms with van der Waals surface area (Å²) in [6, 6.07) is 0. The number of aliphatic hydroxyl groups excluding tert-OH is 1. The van der Waals surface area contributed by atoms with Gasteiger partial charge in [0.25, 0.3) is 0 Å². The molecular weight excluding hydrogens is 222 g/mol. The third-order valence-corrected chi connectivity index (χ3v) is 1.32. The van der Waals surface area contributed by atoms with E-state index in [-0.39, 0.29) is 0 Å². The Labute approximate surface area is 72.9 Å². The number of halogens is 6. The second kappa shape index (κ2) is 3.30. The van der Waals surface area contributed by atoms with Gasteiger partial charge in [-0.25, -0.2) is 4.79 Å². The smallest absolute Gasteiger partial charge is 0.410 e. The van der Waals surface area contributed by atoms with Gasteiger partial charge in [0.1, 0.15) is 6.61 Å². The van der Waals surface area contributed by atoms with Crippen LogP contribution < -0.4 is 0 Å². The lowest BCUT2D eigenvalue weighted by Crippen LogP contribution is -2.59. The number of aliphatic carboxylic acids is 1. The van der Waals surface area contributed by atoms with Crippen molar-refractivity contribution >= 4 is 5.97 Å². The zero-order chi connectivity index (χ0) is 11.8. The van der Waals surface area contributed by atoms with Gasteiger partial charge in [-0.1, -0.05) is 0 Å². The molecular formula is C5H4F6O3. The maximum Gasteiger partial charge on any atom is 0.410 e. The normalized spacial score (nSPS) is 14.2. The lowest BCUT2D eigenvalue weighted by molar-refractivity contribution is -0.310. The van der Waals surface area contributed by atoms with Crippen LogP contribution >= 0.6 is 0 Å². The number of hydrogen-bond acceptors (Lipinski definition) is 2. The van der Waals surface area contributed by atoms with Crippen molar-refractivity contribution in [3.63, 3.8) is 0 Å². The molecule has 0 aromatic carbocycles. The van der Waals surface area contributed by atoms with Crippen LogP contribution in [0.4, 0.5) is 26.3 Å². The van der Waals surface area contributed by atoms with E-state index in [0.717, 1.165) is 0 Å². The molecule has 0 aliphatic carbocycles. The Balaban J connectivity index is 5.24. The molecule has 9 heteroatoms. The van der Waals surface area contributed by atoms with E-state index in [4.69, 9.17) is 10.2 Å². The van der Waals surface area contributed by atoms with Crippen LogP contribution in [0.3, 0.4) is 0 Å². The van der Waals surface area contributed by atoms with Crippen molar-refractivity contribution in [2.24, 2.45) is 0 Å². The minimum Gasteiger partial charge on any atom is -0.477 e. The lowest BCUT2D eigenvalue weighted by Gasteiger charge is -2.28. The van der Waals surface area contributed by atoms with Crippen molar-refractivity contribution in [2.45, 2.75) is 17.8 Å². The fraction of sp³-hybridized carbons (Fsp3) is 0.800. The first-order chi connectivity index (χ1) is 6.00. The van der Waals surface area contributed by atoms with Gasteiger partial charge in [-0.3, -0.25) is 0 Å². The largest absolute Gasteiger partial charge is 0.477 e. The third kappa shape index (κ3) is 1.63. The topological polar surface area (TPSA) is 57.5 Å². The summed E-state index contributed by atoms with van der Waals surface area (Å²) >= 11 is 0. The Bertz CT molecular complexity index is 238. The van der Waals surface area contributed by atoms with Crippen LogP contribution in [0.1, 0.15) is 0 Å². The maximum absolute atomic E-state index is 12.2. The van der Waals surface area contributed by atoms with Gasteiger partial charge in [-0.05, 0) is 0 Å². The summed E-state index contributed by atoms with van der Waals surface area (Å²) in [6.45, 7) is -2.58. The van der Waals surface area contributed by atoms with Gasteiger partial charge >= 0.3 is 23.7 Å². The molecule has 0 heterocycles. The highest BCUT2D eigenvalue weighted by Crippen LogP contribution is 2.45. The van der Waals surface area contributed by atoms with Crippen LogP contribution in [0.2, 0.25) is 0 Å². The monoisotopic (exact) mass is 226 g/mol. The molecule has 0 aliphatic heterocycles. The average molecular weight is 226 g/mol. The van der Waals surface area contributed by atoms with Gasteiger partial charge in [0.2, 0.25) is 0 Å². The fourth-order valence-corrected chi connectivity index (χ4v) is 0.463. The second-order valence-corrected chi connectivity index (χ2v) is 2.32. The Morgan fingerprint density at radius 1 is 1.07 bits per heavy atom. The minimum atomic E-state index is -6.15. The van der Waals surface area contributed by atoms with Crippen molar-refractivity contribution in [3.05, 3.63) is 0 Å². The molecule has 0 fully saturated rings. The molecule has 0 amide bonds. The third-order valence-electron chi connectivity index (χ3n) is 1.32. The number of carboxylic acids is 1. The first-order valence-corrected chi connectivity index (χ1v) is 2.98. The van der Waals surface area contributed by atoms with E-state index in [1.807, 2.05) is 0 Å². The van der Waals surface area contributed by atoms with E-state index in [9.17, 15) is 31.1 Å². The molecule has 0 unspecified atom stereocenters. The molecule has 3 nitrogen and oxygen atoms in total. The molecule has 0 radical (unpaired) electrons. The lowest BCUT2D eigenvalue weighted by atomic mass is 10.1. The number of carboxylic acid groups (broad SMARTS) is 1. The van der Waals surface area contributed by atoms with Crippen LogP contribution in [0.15, 0.2) is 0 Å². The van der Waals surface area contributed by atoms with Crippen molar-refractivity contribution in [1.82, 2.24) is 0 Å². The van der Waals surface area contributed by atoms with E-state index in [1.165, 1.54) is 0 Å². The summed E-state index contributed by atoms with van der Waals surface area (Å²) in [5, 5.41) is 15.3. The maximum atomic E-state index is 12.2. The quantitative estimate of drug-likeness (QED) is 0.702. The molecule has 14 heavy (non-hydrogen) atoms. The van der Waals surface area contributed by atoms with Crippen molar-refractivity contribution in [1.29, 1.82) is 0 Å². The van der Waals surface area contributed by atoms with Crippen molar-refractivity contribution < 1.29 is 41.4 Å². The van der Waals surface area contributed by atoms with Crippen LogP contribution in [-0.2, 0) is 4.79 Å². The highest BCUT2D eigenvalue weighted by Gasteiger charge is 2.75. The summed E-state index contributed by atoms with van der Waals surface area (Å²) in [6.07, 6.45) is 0. The Morgan fingerprint density at radius 3 is 1.64 bits per heavy atom. The summed E-state index contributed by atoms with van der Waals surface area (Å²) in [5.41, 5.74) is 0. The zero-order valence-electron chi connectivity index (χ0n) is 6.28. The first kappa shape index (κ1) is 13.0. The molecule has 2 N–H and O–H groups in total. The second-order valence-electron chi connectivity index (χ2n) is 2.32. The molecule has 0 saturated carbocycles. The number of carbonyl (C=O) groups is 1. The van der Waals surface area contributed by atoms with Crippen molar-refractivity contribution in [2.75, 3.05) is 6.61 Å². The molecule has 0 aromatic rings. The molecule has 0 saturated heterocycles. The molecule has 0 aliphatic rings. The highest BCUT2D eigenvalue weighted by atomic mass is 19.3. The van der Waals surface area contributed by atoms with Gasteiger partial charge in [0, 0.05) is 0 Å². The summed E-state index contributed by atoms with van der Waals surface area (Å²) in [5.74, 6) is -21.0. The van der Waals surface area contributed by atoms with Gasteiger partial charge < -0.3 is 10.2 Å². The number of alkyl halides is 6. The van der Waals surface area contributed by atoms with Crippen LogP contribution in [0.5, 0.6) is 0 Å². The molecule has 84 valence electrons. The number of hydrogen-bond donors (Lipinski definition) is 2. The standard InChI is InChI=1S/C5H4F6O3/c6-3(7,1-12)5(10,11)4(8,9)2(13)14/h12H,1H2,(H,13,14). The first-order valence-electron chi connectivity index (χ1n) is 2.98. The van der Waals surface area contributed by atoms with Gasteiger partial charge in [0.05, 0.1) is 0 Å². The summed E-state index contributed by atoms with van der Waals surface area (Å²) in [7, 11) is 0. The highest BCUT2D eigenvalue weighted by molar-refractivity contribution is 5.77. The van der Waals surface area contributed by atoms with Crippen LogP contribution in [0.25, 0.3) is 0 Å². The number of aliphatic hydroxyl groups is 1. The molecule has 0 rings (SSSR count). The Kier molecular flexibility index (Phi) is 3.06. The molecule has 0 aromatic heterocycles. The SMILES string of the molecule is O=C(O)C(F)(F)C(F)(F)C(F)(F)CO. The van der Waals surface area contributed by atoms with E-state index in [2.05, 4.69) is 0 Å². The Hall–Kier alpha value is -0.990.